The Balaban J connectivity index is 2.48. The summed E-state index contributed by atoms with van der Waals surface area (Å²) in [7, 11) is 0. The second kappa shape index (κ2) is 3.42. The van der Waals surface area contributed by atoms with Gasteiger partial charge in [-0.05, 0) is 24.3 Å². The number of aromatic nitrogens is 1. The smallest absolute Gasteiger partial charge is 0.179 e. The normalized spacial score (nSPS) is 10.8. The molecule has 0 saturated heterocycles. The van der Waals surface area contributed by atoms with Crippen LogP contribution in [0.25, 0.3) is 22.2 Å². The lowest BCUT2D eigenvalue weighted by molar-refractivity contribution is 1.40. The monoisotopic (exact) mass is 207 g/mol. The lowest BCUT2D eigenvalue weighted by Gasteiger charge is -1.96. The molecule has 1 aliphatic heterocycles. The zero-order valence-corrected chi connectivity index (χ0v) is 8.55. The van der Waals surface area contributed by atoms with Gasteiger partial charge in [0.1, 0.15) is 0 Å². The second-order valence-electron chi connectivity index (χ2n) is 3.72. The number of rotatable bonds is 0. The molecule has 0 spiro atoms. The maximum absolute atomic E-state index is 11.3. The minimum Gasteiger partial charge on any atom is -0.290 e. The maximum Gasteiger partial charge on any atom is 0.179 e. The summed E-state index contributed by atoms with van der Waals surface area (Å²) in [6.07, 6.45) is 0. The van der Waals surface area contributed by atoms with Crippen LogP contribution in [0.2, 0.25) is 0 Å². The third kappa shape index (κ3) is 1.44. The minimum atomic E-state index is 0.0181. The maximum atomic E-state index is 11.3. The highest BCUT2D eigenvalue weighted by Crippen LogP contribution is 2.19. The second-order valence-corrected chi connectivity index (χ2v) is 3.72. The van der Waals surface area contributed by atoms with E-state index in [4.69, 9.17) is 0 Å². The van der Waals surface area contributed by atoms with E-state index in [0.29, 0.717) is 0 Å². The number of hydrogen-bond donors (Lipinski definition) is 0. The molecule has 0 unspecified atom stereocenters. The zero-order chi connectivity index (χ0) is 11.0. The first-order valence-electron chi connectivity index (χ1n) is 5.13. The van der Waals surface area contributed by atoms with Crippen LogP contribution >= 0.6 is 0 Å². The van der Waals surface area contributed by atoms with E-state index in [1.807, 2.05) is 36.4 Å². The molecule has 0 atom stereocenters. The fourth-order valence-corrected chi connectivity index (χ4v) is 1.81. The molecule has 0 radical (unpaired) electrons. The van der Waals surface area contributed by atoms with Gasteiger partial charge in [0.05, 0.1) is 11.2 Å². The van der Waals surface area contributed by atoms with Crippen molar-refractivity contribution in [3.63, 3.8) is 0 Å². The molecule has 1 aromatic carbocycles. The van der Waals surface area contributed by atoms with Gasteiger partial charge in [-0.25, -0.2) is 4.98 Å². The van der Waals surface area contributed by atoms with Crippen LogP contribution in [0.1, 0.15) is 0 Å². The third-order valence-electron chi connectivity index (χ3n) is 2.62. The van der Waals surface area contributed by atoms with Crippen molar-refractivity contribution in [1.82, 2.24) is 4.98 Å². The van der Waals surface area contributed by atoms with Gasteiger partial charge in [0.15, 0.2) is 5.43 Å². The van der Waals surface area contributed by atoms with E-state index in [0.717, 1.165) is 22.2 Å². The first kappa shape index (κ1) is 9.04. The highest BCUT2D eigenvalue weighted by atomic mass is 16.1. The molecule has 2 nitrogen and oxygen atoms in total. The predicted molar refractivity (Wildman–Crippen MR) is 64.6 cm³/mol. The van der Waals surface area contributed by atoms with Crippen molar-refractivity contribution >= 4 is 10.9 Å². The summed E-state index contributed by atoms with van der Waals surface area (Å²) in [5.41, 5.74) is 2.69. The molecular formula is C14H9NO. The molecule has 0 saturated carbocycles. The Bertz CT molecular complexity index is 691. The predicted octanol–water partition coefficient (Wildman–Crippen LogP) is 2.70. The van der Waals surface area contributed by atoms with Crippen molar-refractivity contribution in [3.05, 3.63) is 64.8 Å². The van der Waals surface area contributed by atoms with Crippen LogP contribution < -0.4 is 5.43 Å². The van der Waals surface area contributed by atoms with Crippen LogP contribution in [0, 0.1) is 0 Å². The summed E-state index contributed by atoms with van der Waals surface area (Å²) in [5, 5.41) is 1.08. The summed E-state index contributed by atoms with van der Waals surface area (Å²) in [4.78, 5) is 15.8. The van der Waals surface area contributed by atoms with Crippen LogP contribution in [0.15, 0.2) is 59.4 Å². The van der Waals surface area contributed by atoms with Gasteiger partial charge in [0, 0.05) is 10.9 Å². The molecule has 0 amide bonds. The van der Waals surface area contributed by atoms with Gasteiger partial charge in [-0.2, -0.15) is 0 Å². The van der Waals surface area contributed by atoms with Crippen LogP contribution in [0.5, 0.6) is 0 Å². The summed E-state index contributed by atoms with van der Waals surface area (Å²) in [6.45, 7) is 0. The molecular weight excluding hydrogens is 198 g/mol. The molecule has 1 aromatic rings. The standard InChI is InChI=1S/C14H9NO/c16-12-7-8-14-11(9-12)6-5-10-3-1-2-4-13(10)15-14/h1-9H. The van der Waals surface area contributed by atoms with Crippen LogP contribution in [-0.4, -0.2) is 4.98 Å². The van der Waals surface area contributed by atoms with Gasteiger partial charge in [0.25, 0.3) is 0 Å². The number of nitrogens with zero attached hydrogens (tertiary/aromatic N) is 1. The summed E-state index contributed by atoms with van der Waals surface area (Å²) in [5.74, 6) is 0. The van der Waals surface area contributed by atoms with Crippen molar-refractivity contribution in [2.45, 2.75) is 0 Å². The molecule has 3 rings (SSSR count). The van der Waals surface area contributed by atoms with Crippen LogP contribution in [-0.2, 0) is 0 Å². The van der Waals surface area contributed by atoms with Crippen molar-refractivity contribution in [2.24, 2.45) is 0 Å². The van der Waals surface area contributed by atoms with Crippen LogP contribution in [0.3, 0.4) is 0 Å². The van der Waals surface area contributed by atoms with E-state index in [9.17, 15) is 4.79 Å². The van der Waals surface area contributed by atoms with E-state index in [1.165, 1.54) is 0 Å². The van der Waals surface area contributed by atoms with E-state index in [2.05, 4.69) is 4.98 Å². The van der Waals surface area contributed by atoms with Crippen molar-refractivity contribution in [3.8, 4) is 11.3 Å². The first-order chi connectivity index (χ1) is 7.83. The van der Waals surface area contributed by atoms with Crippen molar-refractivity contribution in [1.29, 1.82) is 0 Å². The number of para-hydroxylation sites is 1. The quantitative estimate of drug-likeness (QED) is 0.567. The Hall–Kier alpha value is -2.22. The molecule has 2 heteroatoms. The Labute approximate surface area is 92.5 Å². The fraction of sp³-hybridized carbons (Fsp3) is 0. The average molecular weight is 207 g/mol. The van der Waals surface area contributed by atoms with Gasteiger partial charge in [-0.1, -0.05) is 30.3 Å². The molecule has 0 bridgehead atoms. The first-order valence-corrected chi connectivity index (χ1v) is 5.13. The van der Waals surface area contributed by atoms with E-state index >= 15 is 0 Å². The Morgan fingerprint density at radius 3 is 2.69 bits per heavy atom. The number of hydrogen-bond acceptors (Lipinski definition) is 2. The van der Waals surface area contributed by atoms with Crippen molar-refractivity contribution in [2.75, 3.05) is 0 Å². The molecule has 1 aliphatic carbocycles. The molecule has 0 fully saturated rings. The molecule has 0 aromatic heterocycles. The highest BCUT2D eigenvalue weighted by molar-refractivity contribution is 5.81. The van der Waals surface area contributed by atoms with Gasteiger partial charge in [-0.15, -0.1) is 0 Å². The average Bonchev–Trinajstić information content (AvgIpc) is 2.48. The summed E-state index contributed by atoms with van der Waals surface area (Å²) >= 11 is 0. The minimum absolute atomic E-state index is 0.0181. The lowest BCUT2D eigenvalue weighted by Crippen LogP contribution is -1.96. The summed E-state index contributed by atoms with van der Waals surface area (Å²) < 4.78 is 0. The van der Waals surface area contributed by atoms with E-state index in [1.54, 1.807) is 18.2 Å². The highest BCUT2D eigenvalue weighted by Gasteiger charge is 2.02. The van der Waals surface area contributed by atoms with Crippen molar-refractivity contribution < 1.29 is 0 Å². The Morgan fingerprint density at radius 1 is 0.875 bits per heavy atom. The molecule has 1 heterocycles. The zero-order valence-electron chi connectivity index (χ0n) is 8.55. The molecule has 2 aliphatic rings. The van der Waals surface area contributed by atoms with E-state index in [-0.39, 0.29) is 5.43 Å². The van der Waals surface area contributed by atoms with Gasteiger partial charge < -0.3 is 0 Å². The fourth-order valence-electron chi connectivity index (χ4n) is 1.81. The van der Waals surface area contributed by atoms with Gasteiger partial charge in [-0.3, -0.25) is 4.79 Å². The van der Waals surface area contributed by atoms with Gasteiger partial charge in [0.2, 0.25) is 0 Å². The third-order valence-corrected chi connectivity index (χ3v) is 2.62. The number of fused-ring (bicyclic) bond motifs is 2. The van der Waals surface area contributed by atoms with Gasteiger partial charge >= 0.3 is 0 Å². The Morgan fingerprint density at radius 2 is 1.75 bits per heavy atom. The largest absolute Gasteiger partial charge is 0.290 e. The topological polar surface area (TPSA) is 30.0 Å². The van der Waals surface area contributed by atoms with Crippen LogP contribution in [0.4, 0.5) is 0 Å². The lowest BCUT2D eigenvalue weighted by atomic mass is 10.1. The summed E-state index contributed by atoms with van der Waals surface area (Å²) in [6, 6.07) is 16.8. The Kier molecular flexibility index (Phi) is 1.93. The molecule has 76 valence electrons. The SMILES string of the molecule is O=c1ccc2nc3ccccc3ccc-2c1. The number of benzene rings is 2. The molecule has 0 N–H and O–H groups in total. The molecule has 16 heavy (non-hydrogen) atoms. The van der Waals surface area contributed by atoms with E-state index < -0.39 is 0 Å².